The topological polar surface area (TPSA) is 67.8 Å². The normalized spacial score (nSPS) is 19.9. The van der Waals surface area contributed by atoms with E-state index in [1.165, 1.54) is 0 Å². The van der Waals surface area contributed by atoms with Crippen LogP contribution in [0.15, 0.2) is 59.1 Å². The quantitative estimate of drug-likeness (QED) is 0.274. The van der Waals surface area contributed by atoms with E-state index in [9.17, 15) is 9.90 Å². The van der Waals surface area contributed by atoms with Gasteiger partial charge in [0.05, 0.1) is 33.9 Å². The SMILES string of the molecule is COc1cc([C@@H]2Nc3c(Cl)ccc(C(=O)O)c3[C@H]3C=CC[C@H]32)cc(Br)c1OCc1ccc(Cl)cc1Cl. The molecule has 0 fully saturated rings. The zero-order valence-electron chi connectivity index (χ0n) is 19.0. The van der Waals surface area contributed by atoms with Crippen LogP contribution in [0, 0.1) is 5.92 Å². The molecular weight excluding hydrogens is 589 g/mol. The first kappa shape index (κ1) is 25.3. The Balaban J connectivity index is 1.50. The van der Waals surface area contributed by atoms with Gasteiger partial charge in [-0.25, -0.2) is 4.79 Å². The molecule has 5 nitrogen and oxygen atoms in total. The van der Waals surface area contributed by atoms with Crippen molar-refractivity contribution < 1.29 is 19.4 Å². The van der Waals surface area contributed by atoms with Gasteiger partial charge in [-0.05, 0) is 75.8 Å². The molecule has 3 aromatic rings. The van der Waals surface area contributed by atoms with Crippen molar-refractivity contribution in [2.24, 2.45) is 5.92 Å². The molecule has 9 heteroatoms. The van der Waals surface area contributed by atoms with Crippen LogP contribution in [0.1, 0.15) is 45.4 Å². The molecule has 0 spiro atoms. The minimum absolute atomic E-state index is 0.0659. The van der Waals surface area contributed by atoms with E-state index < -0.39 is 5.97 Å². The lowest BCUT2D eigenvalue weighted by atomic mass is 9.75. The Morgan fingerprint density at radius 1 is 1.14 bits per heavy atom. The average Bonchev–Trinajstić information content (AvgIpc) is 3.33. The van der Waals surface area contributed by atoms with Crippen LogP contribution in [0.3, 0.4) is 0 Å². The number of allylic oxidation sites excluding steroid dienone is 2. The Hall–Kier alpha value is -2.38. The fraction of sp³-hybridized carbons (Fsp3) is 0.222. The number of hydrogen-bond donors (Lipinski definition) is 2. The monoisotopic (exact) mass is 607 g/mol. The molecule has 3 aromatic carbocycles. The fourth-order valence-electron chi connectivity index (χ4n) is 5.04. The summed E-state index contributed by atoms with van der Waals surface area (Å²) in [7, 11) is 1.59. The molecule has 5 rings (SSSR count). The third-order valence-corrected chi connectivity index (χ3v) is 8.19. The summed E-state index contributed by atoms with van der Waals surface area (Å²) in [6.45, 7) is 0.238. The van der Waals surface area contributed by atoms with Crippen LogP contribution < -0.4 is 14.8 Å². The van der Waals surface area contributed by atoms with Crippen molar-refractivity contribution in [2.75, 3.05) is 12.4 Å². The minimum Gasteiger partial charge on any atom is -0.493 e. The maximum atomic E-state index is 11.9. The third-order valence-electron chi connectivity index (χ3n) is 6.70. The number of benzene rings is 3. The summed E-state index contributed by atoms with van der Waals surface area (Å²) in [5, 5.41) is 14.9. The number of nitrogens with one attached hydrogen (secondary N) is 1. The number of rotatable bonds is 6. The van der Waals surface area contributed by atoms with E-state index in [0.717, 1.165) is 27.6 Å². The molecule has 2 N–H and O–H groups in total. The highest BCUT2D eigenvalue weighted by Crippen LogP contribution is 2.53. The lowest BCUT2D eigenvalue weighted by molar-refractivity contribution is 0.0695. The van der Waals surface area contributed by atoms with Crippen molar-refractivity contribution in [2.45, 2.75) is 25.0 Å². The Kier molecular flexibility index (Phi) is 7.14. The van der Waals surface area contributed by atoms with Gasteiger partial charge in [0.1, 0.15) is 6.61 Å². The molecule has 1 aliphatic heterocycles. The standard InChI is InChI=1S/C27H21BrCl3NO4/c1-35-22-10-14(9-19(28)26(22)36-12-13-5-6-15(29)11-21(13)31)24-17-4-2-3-16(17)23-18(27(33)34)7-8-20(30)25(23)32-24/h2-3,5-11,16-17,24,32H,4,12H2,1H3,(H,33,34)/t16-,17+,24-/m0/s1. The maximum absolute atomic E-state index is 11.9. The predicted molar refractivity (Wildman–Crippen MR) is 146 cm³/mol. The number of carboxylic acid groups (broad SMARTS) is 1. The number of methoxy groups -OCH3 is 1. The molecule has 186 valence electrons. The van der Waals surface area contributed by atoms with Gasteiger partial charge in [0, 0.05) is 21.5 Å². The third kappa shape index (κ3) is 4.56. The van der Waals surface area contributed by atoms with E-state index in [1.807, 2.05) is 18.2 Å². The van der Waals surface area contributed by atoms with Gasteiger partial charge < -0.3 is 19.9 Å². The van der Waals surface area contributed by atoms with E-state index in [-0.39, 0.29) is 30.0 Å². The van der Waals surface area contributed by atoms with Crippen LogP contribution in [0.5, 0.6) is 11.5 Å². The summed E-state index contributed by atoms with van der Waals surface area (Å²) in [5.74, 6) is 0.198. The second kappa shape index (κ2) is 10.2. The maximum Gasteiger partial charge on any atom is 0.336 e. The van der Waals surface area contributed by atoms with E-state index in [4.69, 9.17) is 44.3 Å². The lowest BCUT2D eigenvalue weighted by Gasteiger charge is -2.38. The van der Waals surface area contributed by atoms with Gasteiger partial charge in [0.25, 0.3) is 0 Å². The van der Waals surface area contributed by atoms with Gasteiger partial charge in [0.2, 0.25) is 0 Å². The number of fused-ring (bicyclic) bond motifs is 3. The molecule has 0 bridgehead atoms. The molecule has 0 saturated heterocycles. The van der Waals surface area contributed by atoms with Crippen LogP contribution in [0.4, 0.5) is 5.69 Å². The van der Waals surface area contributed by atoms with Gasteiger partial charge in [0.15, 0.2) is 11.5 Å². The van der Waals surface area contributed by atoms with Crippen LogP contribution in [0.2, 0.25) is 15.1 Å². The van der Waals surface area contributed by atoms with Crippen molar-refractivity contribution in [3.05, 3.63) is 96.4 Å². The van der Waals surface area contributed by atoms with Gasteiger partial charge in [-0.15, -0.1) is 0 Å². The van der Waals surface area contributed by atoms with Gasteiger partial charge in [-0.1, -0.05) is 53.0 Å². The summed E-state index contributed by atoms with van der Waals surface area (Å²) in [4.78, 5) is 11.9. The first-order valence-corrected chi connectivity index (χ1v) is 13.1. The number of aromatic carboxylic acids is 1. The Labute approximate surface area is 232 Å². The summed E-state index contributed by atoms with van der Waals surface area (Å²) >= 11 is 22.5. The number of carboxylic acids is 1. The van der Waals surface area contributed by atoms with Crippen molar-refractivity contribution >= 4 is 62.4 Å². The molecule has 1 heterocycles. The van der Waals surface area contributed by atoms with Crippen LogP contribution in [0.25, 0.3) is 0 Å². The Bertz CT molecular complexity index is 1390. The summed E-state index contributed by atoms with van der Waals surface area (Å²) < 4.78 is 12.5. The molecule has 0 radical (unpaired) electrons. The van der Waals surface area contributed by atoms with Crippen molar-refractivity contribution in [3.8, 4) is 11.5 Å². The van der Waals surface area contributed by atoms with E-state index in [0.29, 0.717) is 32.3 Å². The first-order chi connectivity index (χ1) is 17.3. The molecule has 2 aliphatic rings. The molecule has 0 amide bonds. The first-order valence-electron chi connectivity index (χ1n) is 11.2. The molecule has 1 aliphatic carbocycles. The van der Waals surface area contributed by atoms with Crippen LogP contribution in [-0.2, 0) is 6.61 Å². The van der Waals surface area contributed by atoms with Gasteiger partial charge in [-0.3, -0.25) is 0 Å². The highest BCUT2D eigenvalue weighted by molar-refractivity contribution is 9.10. The Morgan fingerprint density at radius 3 is 2.67 bits per heavy atom. The summed E-state index contributed by atoms with van der Waals surface area (Å²) in [6, 6.07) is 12.3. The predicted octanol–water partition coefficient (Wildman–Crippen LogP) is 8.52. The van der Waals surface area contributed by atoms with Gasteiger partial charge in [-0.2, -0.15) is 0 Å². The second-order valence-electron chi connectivity index (χ2n) is 8.72. The zero-order valence-corrected chi connectivity index (χ0v) is 22.9. The van der Waals surface area contributed by atoms with Crippen molar-refractivity contribution in [1.29, 1.82) is 0 Å². The van der Waals surface area contributed by atoms with Crippen molar-refractivity contribution in [1.82, 2.24) is 0 Å². The highest BCUT2D eigenvalue weighted by atomic mass is 79.9. The highest BCUT2D eigenvalue weighted by Gasteiger charge is 2.41. The van der Waals surface area contributed by atoms with Crippen LogP contribution >= 0.6 is 50.7 Å². The van der Waals surface area contributed by atoms with Gasteiger partial charge >= 0.3 is 5.97 Å². The smallest absolute Gasteiger partial charge is 0.336 e. The lowest BCUT2D eigenvalue weighted by Crippen LogP contribution is -2.30. The number of ether oxygens (including phenoxy) is 2. The zero-order chi connectivity index (χ0) is 25.6. The number of carbonyl (C=O) groups is 1. The Morgan fingerprint density at radius 2 is 1.94 bits per heavy atom. The number of hydrogen-bond acceptors (Lipinski definition) is 4. The van der Waals surface area contributed by atoms with E-state index in [1.54, 1.807) is 31.4 Å². The molecule has 0 aromatic heterocycles. The molecule has 36 heavy (non-hydrogen) atoms. The molecule has 0 unspecified atom stereocenters. The summed E-state index contributed by atoms with van der Waals surface area (Å²) in [6.07, 6.45) is 4.99. The van der Waals surface area contributed by atoms with Crippen molar-refractivity contribution in [3.63, 3.8) is 0 Å². The average molecular weight is 610 g/mol. The molecular formula is C27H21BrCl3NO4. The fourth-order valence-corrected chi connectivity index (χ4v) is 6.30. The van der Waals surface area contributed by atoms with Crippen LogP contribution in [-0.4, -0.2) is 18.2 Å². The number of anilines is 1. The van der Waals surface area contributed by atoms with E-state index in [2.05, 4.69) is 33.4 Å². The number of halogens is 4. The molecule has 3 atom stereocenters. The minimum atomic E-state index is -0.964. The van der Waals surface area contributed by atoms with E-state index >= 15 is 0 Å². The largest absolute Gasteiger partial charge is 0.493 e. The second-order valence-corrected chi connectivity index (χ2v) is 10.8. The summed E-state index contributed by atoms with van der Waals surface area (Å²) in [5.41, 5.74) is 3.42. The molecule has 0 saturated carbocycles.